The van der Waals surface area contributed by atoms with Gasteiger partial charge in [0.05, 0.1) is 0 Å². The molecule has 0 aliphatic carbocycles. The van der Waals surface area contributed by atoms with Gasteiger partial charge in [-0.05, 0) is 13.0 Å². The highest BCUT2D eigenvalue weighted by molar-refractivity contribution is 5.75. The first-order valence-corrected chi connectivity index (χ1v) is 6.09. The Hall–Kier alpha value is -0.570. The summed E-state index contributed by atoms with van der Waals surface area (Å²) in [4.78, 5) is 12.8. The van der Waals surface area contributed by atoms with Crippen LogP contribution in [-0.4, -0.2) is 38.0 Å². The third-order valence-corrected chi connectivity index (χ3v) is 2.47. The van der Waals surface area contributed by atoms with E-state index in [0.717, 1.165) is 13.1 Å². The first-order chi connectivity index (χ1) is 7.18. The van der Waals surface area contributed by atoms with Crippen LogP contribution in [0.25, 0.3) is 0 Å². The summed E-state index contributed by atoms with van der Waals surface area (Å²) in [6.07, 6.45) is 7.14. The van der Waals surface area contributed by atoms with Gasteiger partial charge in [-0.15, -0.1) is 0 Å². The van der Waals surface area contributed by atoms with Crippen molar-refractivity contribution in [2.75, 3.05) is 27.2 Å². The van der Waals surface area contributed by atoms with Gasteiger partial charge in [-0.25, -0.2) is 0 Å². The molecule has 1 N–H and O–H groups in total. The second kappa shape index (κ2) is 9.97. The number of hydrogen-bond donors (Lipinski definition) is 1. The molecule has 3 nitrogen and oxygen atoms in total. The minimum absolute atomic E-state index is 0.202. The Labute approximate surface area is 94.2 Å². The summed E-state index contributed by atoms with van der Waals surface area (Å²) in [6, 6.07) is 0. The van der Waals surface area contributed by atoms with Crippen molar-refractivity contribution in [3.05, 3.63) is 0 Å². The summed E-state index contributed by atoms with van der Waals surface area (Å²) in [5.74, 6) is 0.202. The van der Waals surface area contributed by atoms with Gasteiger partial charge in [-0.2, -0.15) is 0 Å². The van der Waals surface area contributed by atoms with E-state index in [1.165, 1.54) is 32.1 Å². The molecule has 0 bridgehead atoms. The molecule has 0 spiro atoms. The molecule has 90 valence electrons. The number of hydrogen-bond acceptors (Lipinski definition) is 2. The van der Waals surface area contributed by atoms with Crippen molar-refractivity contribution >= 4 is 5.91 Å². The number of unbranched alkanes of at least 4 members (excludes halogenated alkanes) is 4. The molecule has 0 heterocycles. The van der Waals surface area contributed by atoms with Crippen molar-refractivity contribution in [2.45, 2.75) is 45.4 Å². The smallest absolute Gasteiger partial charge is 0.223 e. The zero-order valence-corrected chi connectivity index (χ0v) is 10.5. The maximum absolute atomic E-state index is 11.2. The van der Waals surface area contributed by atoms with E-state index in [9.17, 15) is 4.79 Å². The molecule has 0 aromatic rings. The van der Waals surface area contributed by atoms with E-state index < -0.39 is 0 Å². The fourth-order valence-electron chi connectivity index (χ4n) is 1.40. The van der Waals surface area contributed by atoms with Crippen LogP contribution in [0.15, 0.2) is 0 Å². The van der Waals surface area contributed by atoms with Crippen LogP contribution in [0, 0.1) is 0 Å². The highest BCUT2D eigenvalue weighted by Gasteiger charge is 2.01. The first kappa shape index (κ1) is 14.4. The van der Waals surface area contributed by atoms with Crippen molar-refractivity contribution in [1.29, 1.82) is 0 Å². The lowest BCUT2D eigenvalue weighted by Crippen LogP contribution is -2.27. The van der Waals surface area contributed by atoms with Gasteiger partial charge in [0.15, 0.2) is 0 Å². The third-order valence-electron chi connectivity index (χ3n) is 2.47. The molecule has 0 radical (unpaired) electrons. The number of nitrogens with zero attached hydrogens (tertiary/aromatic N) is 1. The Kier molecular flexibility index (Phi) is 9.59. The molecule has 0 aliphatic rings. The zero-order valence-electron chi connectivity index (χ0n) is 10.5. The molecule has 1 amide bonds. The van der Waals surface area contributed by atoms with Crippen molar-refractivity contribution in [3.8, 4) is 0 Å². The van der Waals surface area contributed by atoms with Crippen LogP contribution >= 0.6 is 0 Å². The molecule has 0 fully saturated rings. The van der Waals surface area contributed by atoms with Gasteiger partial charge in [0.25, 0.3) is 0 Å². The van der Waals surface area contributed by atoms with Crippen molar-refractivity contribution in [2.24, 2.45) is 0 Å². The fourth-order valence-corrected chi connectivity index (χ4v) is 1.40. The third kappa shape index (κ3) is 9.73. The molecule has 0 saturated carbocycles. The summed E-state index contributed by atoms with van der Waals surface area (Å²) in [7, 11) is 3.60. The van der Waals surface area contributed by atoms with Gasteiger partial charge in [0, 0.05) is 27.1 Å². The summed E-state index contributed by atoms with van der Waals surface area (Å²) in [5, 5.41) is 3.30. The van der Waals surface area contributed by atoms with Gasteiger partial charge in [-0.1, -0.05) is 32.6 Å². The van der Waals surface area contributed by atoms with Gasteiger partial charge in [0.1, 0.15) is 0 Å². The molecular formula is C12H26N2O. The maximum Gasteiger partial charge on any atom is 0.223 e. The van der Waals surface area contributed by atoms with E-state index in [0.29, 0.717) is 6.42 Å². The highest BCUT2D eigenvalue weighted by atomic mass is 16.2. The lowest BCUT2D eigenvalue weighted by molar-refractivity contribution is -0.128. The molecule has 0 saturated heterocycles. The van der Waals surface area contributed by atoms with Crippen LogP contribution in [0.1, 0.15) is 45.4 Å². The second-order valence-corrected chi connectivity index (χ2v) is 4.20. The van der Waals surface area contributed by atoms with E-state index in [-0.39, 0.29) is 5.91 Å². The molecule has 15 heavy (non-hydrogen) atoms. The number of carbonyl (C=O) groups is 1. The topological polar surface area (TPSA) is 32.3 Å². The molecule has 0 aliphatic heterocycles. The monoisotopic (exact) mass is 214 g/mol. The zero-order chi connectivity index (χ0) is 11.5. The average Bonchev–Trinajstić information content (AvgIpc) is 2.21. The molecule has 0 aromatic heterocycles. The Bertz CT molecular complexity index is 158. The number of carbonyl (C=O) groups excluding carboxylic acids is 1. The highest BCUT2D eigenvalue weighted by Crippen LogP contribution is 2.00. The summed E-state index contributed by atoms with van der Waals surface area (Å²) in [6.45, 7) is 4.08. The SMILES string of the molecule is CCCCCCCNCCC(=O)N(C)C. The van der Waals surface area contributed by atoms with E-state index in [4.69, 9.17) is 0 Å². The summed E-state index contributed by atoms with van der Waals surface area (Å²) >= 11 is 0. The fraction of sp³-hybridized carbons (Fsp3) is 0.917. The molecule has 0 rings (SSSR count). The van der Waals surface area contributed by atoms with Crippen LogP contribution in [-0.2, 0) is 4.79 Å². The first-order valence-electron chi connectivity index (χ1n) is 6.09. The molecule has 0 aromatic carbocycles. The maximum atomic E-state index is 11.2. The minimum atomic E-state index is 0.202. The number of rotatable bonds is 9. The Balaban J connectivity index is 3.08. The van der Waals surface area contributed by atoms with E-state index in [2.05, 4.69) is 12.2 Å². The largest absolute Gasteiger partial charge is 0.349 e. The van der Waals surface area contributed by atoms with Crippen LogP contribution in [0.3, 0.4) is 0 Å². The van der Waals surface area contributed by atoms with Gasteiger partial charge >= 0.3 is 0 Å². The lowest BCUT2D eigenvalue weighted by Gasteiger charge is -2.10. The molecule has 0 unspecified atom stereocenters. The van der Waals surface area contributed by atoms with Crippen LogP contribution < -0.4 is 5.32 Å². The summed E-state index contributed by atoms with van der Waals surface area (Å²) < 4.78 is 0. The second-order valence-electron chi connectivity index (χ2n) is 4.20. The normalized spacial score (nSPS) is 10.3. The Morgan fingerprint density at radius 3 is 2.33 bits per heavy atom. The van der Waals surface area contributed by atoms with Gasteiger partial charge in [-0.3, -0.25) is 4.79 Å². The molecule has 3 heteroatoms. The van der Waals surface area contributed by atoms with Crippen molar-refractivity contribution < 1.29 is 4.79 Å². The minimum Gasteiger partial charge on any atom is -0.349 e. The van der Waals surface area contributed by atoms with E-state index in [1.807, 2.05) is 0 Å². The van der Waals surface area contributed by atoms with Gasteiger partial charge < -0.3 is 10.2 Å². The number of nitrogens with one attached hydrogen (secondary N) is 1. The summed E-state index contributed by atoms with van der Waals surface area (Å²) in [5.41, 5.74) is 0. The Morgan fingerprint density at radius 1 is 1.07 bits per heavy atom. The number of amides is 1. The van der Waals surface area contributed by atoms with E-state index >= 15 is 0 Å². The standard InChI is InChI=1S/C12H26N2O/c1-4-5-6-7-8-10-13-11-9-12(15)14(2)3/h13H,4-11H2,1-3H3. The predicted molar refractivity (Wildman–Crippen MR) is 64.9 cm³/mol. The molecule has 0 atom stereocenters. The van der Waals surface area contributed by atoms with Crippen LogP contribution in [0.4, 0.5) is 0 Å². The van der Waals surface area contributed by atoms with Gasteiger partial charge in [0.2, 0.25) is 5.91 Å². The van der Waals surface area contributed by atoms with Crippen LogP contribution in [0.2, 0.25) is 0 Å². The van der Waals surface area contributed by atoms with Crippen LogP contribution in [0.5, 0.6) is 0 Å². The predicted octanol–water partition coefficient (Wildman–Crippen LogP) is 2.02. The van der Waals surface area contributed by atoms with Crippen molar-refractivity contribution in [3.63, 3.8) is 0 Å². The quantitative estimate of drug-likeness (QED) is 0.596. The van der Waals surface area contributed by atoms with E-state index in [1.54, 1.807) is 19.0 Å². The van der Waals surface area contributed by atoms with Crippen molar-refractivity contribution in [1.82, 2.24) is 10.2 Å². The lowest BCUT2D eigenvalue weighted by atomic mass is 10.1. The average molecular weight is 214 g/mol. The Morgan fingerprint density at radius 2 is 1.73 bits per heavy atom. The molecular weight excluding hydrogens is 188 g/mol.